The van der Waals surface area contributed by atoms with E-state index in [-0.39, 0.29) is 0 Å². The van der Waals surface area contributed by atoms with Gasteiger partial charge in [-0.2, -0.15) is 0 Å². The maximum atomic E-state index is 3.73. The number of nitrogens with one attached hydrogen (secondary N) is 1. The van der Waals surface area contributed by atoms with Crippen LogP contribution in [0.5, 0.6) is 0 Å². The van der Waals surface area contributed by atoms with E-state index in [2.05, 4.69) is 37.4 Å². The second kappa shape index (κ2) is 7.10. The lowest BCUT2D eigenvalue weighted by atomic mass is 9.93. The molecule has 0 saturated heterocycles. The minimum Gasteiger partial charge on any atom is -0.306 e. The fourth-order valence-corrected chi connectivity index (χ4v) is 3.64. The smallest absolute Gasteiger partial charge is 0.0630 e. The summed E-state index contributed by atoms with van der Waals surface area (Å²) in [5.41, 5.74) is 1.62. The number of hydrogen-bond donors (Lipinski definition) is 1. The van der Waals surface area contributed by atoms with Crippen molar-refractivity contribution in [1.82, 2.24) is 5.32 Å². The molecule has 1 N–H and O–H groups in total. The summed E-state index contributed by atoms with van der Waals surface area (Å²) in [5, 5.41) is 3.73. The second-order valence-corrected chi connectivity index (χ2v) is 6.27. The van der Waals surface area contributed by atoms with Crippen molar-refractivity contribution in [3.63, 3.8) is 0 Å². The van der Waals surface area contributed by atoms with Crippen LogP contribution in [0.15, 0.2) is 23.8 Å². The first-order valence-electron chi connectivity index (χ1n) is 7.36. The lowest BCUT2D eigenvalue weighted by Crippen LogP contribution is -2.24. The normalized spacial score (nSPS) is 17.6. The maximum absolute atomic E-state index is 3.73. The Labute approximate surface area is 115 Å². The van der Waals surface area contributed by atoms with Crippen LogP contribution in [0.2, 0.25) is 0 Å². The highest BCUT2D eigenvalue weighted by atomic mass is 32.1. The average Bonchev–Trinajstić information content (AvgIpc) is 2.89. The Morgan fingerprint density at radius 1 is 1.28 bits per heavy atom. The van der Waals surface area contributed by atoms with E-state index in [0.29, 0.717) is 6.04 Å². The van der Waals surface area contributed by atoms with Crippen molar-refractivity contribution in [3.05, 3.63) is 33.5 Å². The quantitative estimate of drug-likeness (QED) is 0.723. The van der Waals surface area contributed by atoms with Gasteiger partial charge in [0.1, 0.15) is 0 Å². The van der Waals surface area contributed by atoms with Gasteiger partial charge in [-0.15, -0.1) is 11.3 Å². The molecule has 1 aliphatic carbocycles. The van der Waals surface area contributed by atoms with Crippen molar-refractivity contribution in [2.75, 3.05) is 6.54 Å². The van der Waals surface area contributed by atoms with Gasteiger partial charge in [0, 0.05) is 9.75 Å². The fourth-order valence-electron chi connectivity index (χ4n) is 2.57. The van der Waals surface area contributed by atoms with Crippen LogP contribution < -0.4 is 5.32 Å². The molecule has 0 aliphatic heterocycles. The number of rotatable bonds is 6. The first-order chi connectivity index (χ1) is 8.85. The van der Waals surface area contributed by atoms with Crippen LogP contribution in [0.3, 0.4) is 0 Å². The van der Waals surface area contributed by atoms with E-state index in [1.807, 2.05) is 11.3 Å². The SMILES string of the molecule is CCCNC(C1=CCCCC1)c1ccc(CC)s1. The highest BCUT2D eigenvalue weighted by molar-refractivity contribution is 7.12. The van der Waals surface area contributed by atoms with E-state index in [0.717, 1.165) is 13.0 Å². The molecule has 100 valence electrons. The molecule has 1 nitrogen and oxygen atoms in total. The van der Waals surface area contributed by atoms with Crippen molar-refractivity contribution < 1.29 is 0 Å². The van der Waals surface area contributed by atoms with Crippen LogP contribution in [0, 0.1) is 0 Å². The molecule has 0 spiro atoms. The zero-order valence-electron chi connectivity index (χ0n) is 11.7. The van der Waals surface area contributed by atoms with E-state index in [1.165, 1.54) is 41.9 Å². The molecule has 1 aromatic heterocycles. The molecule has 2 rings (SSSR count). The fraction of sp³-hybridized carbons (Fsp3) is 0.625. The molecular weight excluding hydrogens is 238 g/mol. The van der Waals surface area contributed by atoms with Gasteiger partial charge < -0.3 is 5.32 Å². The zero-order chi connectivity index (χ0) is 12.8. The van der Waals surface area contributed by atoms with Gasteiger partial charge in [-0.25, -0.2) is 0 Å². The van der Waals surface area contributed by atoms with Crippen molar-refractivity contribution in [1.29, 1.82) is 0 Å². The van der Waals surface area contributed by atoms with E-state index in [4.69, 9.17) is 0 Å². The van der Waals surface area contributed by atoms with Crippen LogP contribution in [0.1, 0.15) is 61.7 Å². The molecule has 1 aliphatic rings. The Kier molecular flexibility index (Phi) is 5.45. The molecule has 1 atom stereocenters. The summed E-state index contributed by atoms with van der Waals surface area (Å²) in [6.07, 6.45) is 10.1. The maximum Gasteiger partial charge on any atom is 0.0630 e. The average molecular weight is 263 g/mol. The van der Waals surface area contributed by atoms with Gasteiger partial charge in [0.25, 0.3) is 0 Å². The monoisotopic (exact) mass is 263 g/mol. The Balaban J connectivity index is 2.15. The van der Waals surface area contributed by atoms with Crippen molar-refractivity contribution in [2.24, 2.45) is 0 Å². The Morgan fingerprint density at radius 3 is 2.78 bits per heavy atom. The topological polar surface area (TPSA) is 12.0 Å². The molecule has 1 heterocycles. The standard InChI is InChI=1S/C16H25NS/c1-3-12-17-16(13-8-6-5-7-9-13)15-11-10-14(4-2)18-15/h8,10-11,16-17H,3-7,9,12H2,1-2H3. The van der Waals surface area contributed by atoms with E-state index in [9.17, 15) is 0 Å². The molecular formula is C16H25NS. The third kappa shape index (κ3) is 3.46. The van der Waals surface area contributed by atoms with Gasteiger partial charge in [0.05, 0.1) is 6.04 Å². The Hall–Kier alpha value is -0.600. The summed E-state index contributed by atoms with van der Waals surface area (Å²) >= 11 is 1.98. The first-order valence-corrected chi connectivity index (χ1v) is 8.17. The number of allylic oxidation sites excluding steroid dienone is 1. The van der Waals surface area contributed by atoms with E-state index >= 15 is 0 Å². The molecule has 0 aromatic carbocycles. The molecule has 0 amide bonds. The Morgan fingerprint density at radius 2 is 2.17 bits per heavy atom. The third-order valence-corrected chi connectivity index (χ3v) is 4.91. The lowest BCUT2D eigenvalue weighted by Gasteiger charge is -2.23. The molecule has 2 heteroatoms. The number of thiophene rings is 1. The van der Waals surface area contributed by atoms with Crippen LogP contribution in [-0.2, 0) is 6.42 Å². The molecule has 0 bridgehead atoms. The van der Waals surface area contributed by atoms with Gasteiger partial charge in [0.15, 0.2) is 0 Å². The highest BCUT2D eigenvalue weighted by Gasteiger charge is 2.19. The van der Waals surface area contributed by atoms with Gasteiger partial charge in [-0.05, 0) is 57.2 Å². The predicted octanol–water partition coefficient (Wildman–Crippen LogP) is 4.85. The van der Waals surface area contributed by atoms with Gasteiger partial charge >= 0.3 is 0 Å². The zero-order valence-corrected chi connectivity index (χ0v) is 12.5. The minimum atomic E-state index is 0.482. The van der Waals surface area contributed by atoms with E-state index in [1.54, 1.807) is 5.57 Å². The van der Waals surface area contributed by atoms with Crippen LogP contribution >= 0.6 is 11.3 Å². The van der Waals surface area contributed by atoms with Crippen molar-refractivity contribution >= 4 is 11.3 Å². The third-order valence-electron chi connectivity index (χ3n) is 3.61. The first kappa shape index (κ1) is 13.8. The highest BCUT2D eigenvalue weighted by Crippen LogP contribution is 2.33. The molecule has 1 unspecified atom stereocenters. The second-order valence-electron chi connectivity index (χ2n) is 5.07. The largest absolute Gasteiger partial charge is 0.306 e. The van der Waals surface area contributed by atoms with E-state index < -0.39 is 0 Å². The summed E-state index contributed by atoms with van der Waals surface area (Å²) in [4.78, 5) is 3.01. The van der Waals surface area contributed by atoms with Gasteiger partial charge in [-0.1, -0.05) is 25.5 Å². The molecule has 1 aromatic rings. The molecule has 0 saturated carbocycles. The summed E-state index contributed by atoms with van der Waals surface area (Å²) in [6.45, 7) is 5.59. The van der Waals surface area contributed by atoms with Crippen LogP contribution in [-0.4, -0.2) is 6.54 Å². The minimum absolute atomic E-state index is 0.482. The van der Waals surface area contributed by atoms with Crippen LogP contribution in [0.25, 0.3) is 0 Å². The molecule has 0 fully saturated rings. The number of aryl methyl sites for hydroxylation is 1. The lowest BCUT2D eigenvalue weighted by molar-refractivity contribution is 0.552. The van der Waals surface area contributed by atoms with Gasteiger partial charge in [-0.3, -0.25) is 0 Å². The summed E-state index contributed by atoms with van der Waals surface area (Å²) in [6, 6.07) is 5.10. The Bertz CT molecular complexity index is 392. The molecule has 0 radical (unpaired) electrons. The molecule has 18 heavy (non-hydrogen) atoms. The predicted molar refractivity (Wildman–Crippen MR) is 81.3 cm³/mol. The summed E-state index contributed by atoms with van der Waals surface area (Å²) < 4.78 is 0. The number of hydrogen-bond acceptors (Lipinski definition) is 2. The summed E-state index contributed by atoms with van der Waals surface area (Å²) in [7, 11) is 0. The van der Waals surface area contributed by atoms with Crippen LogP contribution in [0.4, 0.5) is 0 Å². The van der Waals surface area contributed by atoms with Crippen molar-refractivity contribution in [3.8, 4) is 0 Å². The van der Waals surface area contributed by atoms with Crippen molar-refractivity contribution in [2.45, 2.75) is 58.4 Å². The van der Waals surface area contributed by atoms with Gasteiger partial charge in [0.2, 0.25) is 0 Å². The summed E-state index contributed by atoms with van der Waals surface area (Å²) in [5.74, 6) is 0.